The fraction of sp³-hybridized carbons (Fsp3) is 0.500. The highest BCUT2D eigenvalue weighted by Crippen LogP contribution is 2.31. The number of nitrogens with zero attached hydrogens (tertiary/aromatic N) is 1. The molecule has 3 nitrogen and oxygen atoms in total. The highest BCUT2D eigenvalue weighted by molar-refractivity contribution is 5.92. The van der Waals surface area contributed by atoms with E-state index in [1.165, 1.54) is 25.5 Å². The fourth-order valence-electron chi connectivity index (χ4n) is 3.01. The molecule has 0 aromatic heterocycles. The van der Waals surface area contributed by atoms with Crippen molar-refractivity contribution in [2.45, 2.75) is 52.5 Å². The maximum absolute atomic E-state index is 13.6. The van der Waals surface area contributed by atoms with Crippen molar-refractivity contribution in [2.75, 3.05) is 11.4 Å². The summed E-state index contributed by atoms with van der Waals surface area (Å²) in [4.78, 5) is 13.1. The quantitative estimate of drug-likeness (QED) is 0.806. The van der Waals surface area contributed by atoms with E-state index in [1.807, 2.05) is 12.1 Å². The van der Waals surface area contributed by atoms with Gasteiger partial charge in [-0.05, 0) is 68.9 Å². The average Bonchev–Trinajstić information content (AvgIpc) is 2.45. The third-order valence-electron chi connectivity index (χ3n) is 4.30. The molecule has 0 radical (unpaired) electrons. The highest BCUT2D eigenvalue weighted by atomic mass is 19.1. The molecule has 0 N–H and O–H groups in total. The van der Waals surface area contributed by atoms with Crippen LogP contribution in [0.4, 0.5) is 10.1 Å². The minimum Gasteiger partial charge on any atom is -0.542 e. The number of carboxylic acid groups (broad SMARTS) is 1. The van der Waals surface area contributed by atoms with Crippen LogP contribution in [0.1, 0.15) is 51.2 Å². The molecule has 0 atom stereocenters. The van der Waals surface area contributed by atoms with Gasteiger partial charge in [0.15, 0.2) is 0 Å². The number of halogens is 1. The summed E-state index contributed by atoms with van der Waals surface area (Å²) in [7, 11) is 0. The Morgan fingerprint density at radius 2 is 2.00 bits per heavy atom. The first-order valence-corrected chi connectivity index (χ1v) is 7.89. The number of allylic oxidation sites excluding steroid dienone is 1. The summed E-state index contributed by atoms with van der Waals surface area (Å²) in [5.74, 6) is -2.94. The third kappa shape index (κ3) is 3.49. The lowest BCUT2D eigenvalue weighted by Gasteiger charge is -2.33. The molecule has 1 heterocycles. The van der Waals surface area contributed by atoms with Gasteiger partial charge in [0, 0.05) is 18.3 Å². The molecule has 22 heavy (non-hydrogen) atoms. The van der Waals surface area contributed by atoms with Gasteiger partial charge in [-0.25, -0.2) is 4.39 Å². The molecule has 1 aromatic carbocycles. The van der Waals surface area contributed by atoms with Gasteiger partial charge >= 0.3 is 0 Å². The molecule has 0 bridgehead atoms. The summed E-state index contributed by atoms with van der Waals surface area (Å²) in [6, 6.07) is 6.11. The molecule has 1 aromatic rings. The zero-order chi connectivity index (χ0) is 16.3. The molecule has 0 saturated heterocycles. The van der Waals surface area contributed by atoms with Gasteiger partial charge in [0.2, 0.25) is 0 Å². The van der Waals surface area contributed by atoms with Crippen LogP contribution in [0.15, 0.2) is 24.0 Å². The predicted molar refractivity (Wildman–Crippen MR) is 85.2 cm³/mol. The average molecular weight is 304 g/mol. The third-order valence-corrected chi connectivity index (χ3v) is 4.30. The molecule has 0 aliphatic carbocycles. The molecule has 0 saturated carbocycles. The van der Waals surface area contributed by atoms with E-state index in [0.717, 1.165) is 24.9 Å². The molecular weight excluding hydrogens is 281 g/mol. The largest absolute Gasteiger partial charge is 0.542 e. The molecule has 0 amide bonds. The van der Waals surface area contributed by atoms with Crippen molar-refractivity contribution in [3.63, 3.8) is 0 Å². The molecule has 0 fully saturated rings. The number of aliphatic carboxylic acids is 1. The lowest BCUT2D eigenvalue weighted by molar-refractivity contribution is -0.301. The van der Waals surface area contributed by atoms with E-state index in [9.17, 15) is 14.3 Å². The fourth-order valence-corrected chi connectivity index (χ4v) is 3.01. The van der Waals surface area contributed by atoms with Crippen molar-refractivity contribution in [3.05, 3.63) is 35.2 Å². The molecule has 0 spiro atoms. The molecule has 120 valence electrons. The van der Waals surface area contributed by atoms with Crippen molar-refractivity contribution in [2.24, 2.45) is 0 Å². The van der Waals surface area contributed by atoms with E-state index in [4.69, 9.17) is 0 Å². The number of rotatable bonds is 3. The lowest BCUT2D eigenvalue weighted by atomic mass is 9.96. The maximum Gasteiger partial charge on any atom is 0.149 e. The van der Waals surface area contributed by atoms with Gasteiger partial charge in [-0.15, -0.1) is 0 Å². The van der Waals surface area contributed by atoms with Gasteiger partial charge in [-0.1, -0.05) is 12.5 Å². The first-order valence-electron chi connectivity index (χ1n) is 7.89. The van der Waals surface area contributed by atoms with Gasteiger partial charge in [-0.3, -0.25) is 0 Å². The van der Waals surface area contributed by atoms with Gasteiger partial charge in [0.1, 0.15) is 11.8 Å². The number of aryl methyl sites for hydroxylation is 1. The Morgan fingerprint density at radius 1 is 1.27 bits per heavy atom. The number of carbonyl (C=O) groups excluding carboxylic acids is 1. The summed E-state index contributed by atoms with van der Waals surface area (Å²) >= 11 is 0. The van der Waals surface area contributed by atoms with Crippen LogP contribution in [-0.4, -0.2) is 18.6 Å². The molecule has 1 aliphatic rings. The summed E-state index contributed by atoms with van der Waals surface area (Å²) in [6.07, 6.45) is 4.40. The summed E-state index contributed by atoms with van der Waals surface area (Å²) in [5.41, 5.74) is 3.09. The Hall–Kier alpha value is -1.84. The number of anilines is 1. The number of carbonyl (C=O) groups is 1. The number of benzene rings is 1. The Kier molecular flexibility index (Phi) is 5.22. The number of hydrogen-bond acceptors (Lipinski definition) is 3. The molecule has 2 rings (SSSR count). The minimum absolute atomic E-state index is 0.126. The van der Waals surface area contributed by atoms with E-state index in [-0.39, 0.29) is 5.57 Å². The molecule has 0 unspecified atom stereocenters. The van der Waals surface area contributed by atoms with Crippen LogP contribution in [0.2, 0.25) is 0 Å². The lowest BCUT2D eigenvalue weighted by Crippen LogP contribution is -2.33. The van der Waals surface area contributed by atoms with Crippen molar-refractivity contribution in [1.29, 1.82) is 0 Å². The van der Waals surface area contributed by atoms with Crippen molar-refractivity contribution in [3.8, 4) is 0 Å². The zero-order valence-corrected chi connectivity index (χ0v) is 13.5. The first-order chi connectivity index (χ1) is 10.4. The van der Waals surface area contributed by atoms with Gasteiger partial charge in [0.05, 0.1) is 0 Å². The smallest absolute Gasteiger partial charge is 0.149 e. The Labute approximate surface area is 131 Å². The maximum atomic E-state index is 13.6. The minimum atomic E-state index is -1.76. The van der Waals surface area contributed by atoms with Crippen LogP contribution in [0, 0.1) is 0 Å². The van der Waals surface area contributed by atoms with Crippen LogP contribution in [0.3, 0.4) is 0 Å². The number of hydrogen-bond donors (Lipinski definition) is 0. The highest BCUT2D eigenvalue weighted by Gasteiger charge is 2.17. The van der Waals surface area contributed by atoms with Crippen LogP contribution in [0.5, 0.6) is 0 Å². The Balaban J connectivity index is 2.46. The molecule has 1 aliphatic heterocycles. The SMILES string of the molecule is C/C(=C(\F)C(=O)[O-])c1ccc2c(c1)CCCCCN2C(C)C. The van der Waals surface area contributed by atoms with Crippen molar-refractivity contribution in [1.82, 2.24) is 0 Å². The van der Waals surface area contributed by atoms with Gasteiger partial charge < -0.3 is 14.8 Å². The second-order valence-electron chi connectivity index (χ2n) is 6.17. The Morgan fingerprint density at radius 3 is 2.64 bits per heavy atom. The van der Waals surface area contributed by atoms with Crippen LogP contribution in [0.25, 0.3) is 5.57 Å². The molecule has 4 heteroatoms. The van der Waals surface area contributed by atoms with Gasteiger partial charge in [0.25, 0.3) is 0 Å². The van der Waals surface area contributed by atoms with E-state index < -0.39 is 11.8 Å². The standard InChI is InChI=1S/C18H24FNO2/c1-12(2)20-10-6-4-5-7-15-11-14(8-9-16(15)20)13(3)17(19)18(21)22/h8-9,11-12H,4-7,10H2,1-3H3,(H,21,22)/p-1/b17-13+. The summed E-state index contributed by atoms with van der Waals surface area (Å²) < 4.78 is 13.6. The zero-order valence-electron chi connectivity index (χ0n) is 13.5. The monoisotopic (exact) mass is 304 g/mol. The van der Waals surface area contributed by atoms with E-state index in [2.05, 4.69) is 18.7 Å². The van der Waals surface area contributed by atoms with E-state index >= 15 is 0 Å². The second kappa shape index (κ2) is 6.95. The van der Waals surface area contributed by atoms with Crippen LogP contribution >= 0.6 is 0 Å². The predicted octanol–water partition coefficient (Wildman–Crippen LogP) is 3.08. The van der Waals surface area contributed by atoms with E-state index in [1.54, 1.807) is 6.07 Å². The second-order valence-corrected chi connectivity index (χ2v) is 6.17. The summed E-state index contributed by atoms with van der Waals surface area (Å²) in [6.45, 7) is 6.84. The normalized spacial score (nSPS) is 16.7. The van der Waals surface area contributed by atoms with Crippen LogP contribution < -0.4 is 10.0 Å². The van der Waals surface area contributed by atoms with Crippen molar-refractivity contribution < 1.29 is 14.3 Å². The van der Waals surface area contributed by atoms with Crippen LogP contribution in [-0.2, 0) is 11.2 Å². The van der Waals surface area contributed by atoms with E-state index in [0.29, 0.717) is 11.6 Å². The first kappa shape index (κ1) is 16.5. The molecular formula is C18H23FNO2-. The Bertz CT molecular complexity index is 593. The number of fused-ring (bicyclic) bond motifs is 1. The van der Waals surface area contributed by atoms with Crippen molar-refractivity contribution >= 4 is 17.2 Å². The number of carboxylic acids is 1. The van der Waals surface area contributed by atoms with Gasteiger partial charge in [-0.2, -0.15) is 0 Å². The summed E-state index contributed by atoms with van der Waals surface area (Å²) in [5, 5.41) is 10.7. The topological polar surface area (TPSA) is 43.4 Å².